The summed E-state index contributed by atoms with van der Waals surface area (Å²) in [6.07, 6.45) is 3.44. The maximum absolute atomic E-state index is 6.26. The van der Waals surface area contributed by atoms with Crippen LogP contribution in [0, 0.1) is 0 Å². The molecule has 0 aliphatic rings. The van der Waals surface area contributed by atoms with Gasteiger partial charge in [0, 0.05) is 27.5 Å². The van der Waals surface area contributed by atoms with Crippen LogP contribution in [0.2, 0.25) is 5.02 Å². The zero-order chi connectivity index (χ0) is 16.5. The molecule has 0 bridgehead atoms. The summed E-state index contributed by atoms with van der Waals surface area (Å²) in [5.41, 5.74) is 4.40. The highest BCUT2D eigenvalue weighted by atomic mass is 35.5. The van der Waals surface area contributed by atoms with Crippen molar-refractivity contribution in [1.82, 2.24) is 9.97 Å². The van der Waals surface area contributed by atoms with Gasteiger partial charge in [0.2, 0.25) is 0 Å². The van der Waals surface area contributed by atoms with Crippen LogP contribution in [0.4, 0.5) is 0 Å². The van der Waals surface area contributed by atoms with Crippen LogP contribution >= 0.6 is 22.9 Å². The number of hydrogen-bond donors (Lipinski definition) is 0. The molecule has 0 saturated heterocycles. The number of ether oxygens (including phenoxy) is 1. The van der Waals surface area contributed by atoms with Crippen LogP contribution in [-0.4, -0.2) is 17.1 Å². The van der Waals surface area contributed by atoms with Gasteiger partial charge >= 0.3 is 0 Å². The largest absolute Gasteiger partial charge is 0.497 e. The number of benzene rings is 2. The Morgan fingerprint density at radius 3 is 2.62 bits per heavy atom. The summed E-state index contributed by atoms with van der Waals surface area (Å²) < 4.78 is 5.25. The normalized spacial score (nSPS) is 10.9. The van der Waals surface area contributed by atoms with Crippen molar-refractivity contribution in [3.8, 4) is 28.0 Å². The van der Waals surface area contributed by atoms with E-state index >= 15 is 0 Å². The number of nitrogens with zero attached hydrogens (tertiary/aromatic N) is 2. The first-order valence-corrected chi connectivity index (χ1v) is 8.63. The fourth-order valence-corrected chi connectivity index (χ4v) is 3.80. The summed E-state index contributed by atoms with van der Waals surface area (Å²) >= 11 is 7.88. The minimum Gasteiger partial charge on any atom is -0.497 e. The van der Waals surface area contributed by atoms with Crippen molar-refractivity contribution in [2.24, 2.45) is 0 Å². The quantitative estimate of drug-likeness (QED) is 0.475. The van der Waals surface area contributed by atoms with E-state index in [0.29, 0.717) is 5.02 Å². The molecule has 0 aliphatic heterocycles. The molecule has 2 heterocycles. The molecule has 2 aromatic carbocycles. The molecule has 0 unspecified atom stereocenters. The van der Waals surface area contributed by atoms with Gasteiger partial charge in [0.25, 0.3) is 0 Å². The van der Waals surface area contributed by atoms with E-state index in [1.807, 2.05) is 42.6 Å². The number of hydrogen-bond acceptors (Lipinski definition) is 4. The van der Waals surface area contributed by atoms with E-state index in [0.717, 1.165) is 38.2 Å². The third-order valence-electron chi connectivity index (χ3n) is 3.93. The van der Waals surface area contributed by atoms with Crippen molar-refractivity contribution < 1.29 is 4.74 Å². The minimum absolute atomic E-state index is 0.709. The average molecular weight is 353 g/mol. The highest BCUT2D eigenvalue weighted by molar-refractivity contribution is 7.17. The Bertz CT molecular complexity index is 1010. The molecule has 0 amide bonds. The minimum atomic E-state index is 0.709. The lowest BCUT2D eigenvalue weighted by molar-refractivity contribution is 0.415. The zero-order valence-corrected chi connectivity index (χ0v) is 14.4. The van der Waals surface area contributed by atoms with Gasteiger partial charge in [0.05, 0.1) is 7.11 Å². The summed E-state index contributed by atoms with van der Waals surface area (Å²) in [4.78, 5) is 9.48. The number of rotatable bonds is 3. The van der Waals surface area contributed by atoms with E-state index in [1.54, 1.807) is 24.8 Å². The van der Waals surface area contributed by atoms with Gasteiger partial charge in [-0.2, -0.15) is 0 Å². The van der Waals surface area contributed by atoms with Gasteiger partial charge in [-0.05, 0) is 41.0 Å². The topological polar surface area (TPSA) is 35.0 Å². The fraction of sp³-hybridized carbons (Fsp3) is 0.0526. The van der Waals surface area contributed by atoms with Crippen molar-refractivity contribution in [2.75, 3.05) is 7.11 Å². The molecule has 24 heavy (non-hydrogen) atoms. The predicted molar refractivity (Wildman–Crippen MR) is 99.8 cm³/mol. The smallest absolute Gasteiger partial charge is 0.127 e. The molecule has 0 fully saturated rings. The molecule has 4 rings (SSSR count). The van der Waals surface area contributed by atoms with Crippen LogP contribution in [0.1, 0.15) is 0 Å². The predicted octanol–water partition coefficient (Wildman–Crippen LogP) is 5.69. The standard InChI is InChI=1S/C19H13ClN2OS/c1-23-14-5-2-12(3-6-14)16-8-13(20)4-7-15(16)18-10-24-19-17(18)9-21-11-22-19/h2-11H,1H3. The van der Waals surface area contributed by atoms with Gasteiger partial charge in [0.1, 0.15) is 16.9 Å². The molecule has 0 spiro atoms. The zero-order valence-electron chi connectivity index (χ0n) is 12.9. The molecule has 4 aromatic rings. The number of fused-ring (bicyclic) bond motifs is 1. The third kappa shape index (κ3) is 2.64. The molecule has 0 saturated carbocycles. The molecule has 3 nitrogen and oxygen atoms in total. The Balaban J connectivity index is 1.93. The summed E-state index contributed by atoms with van der Waals surface area (Å²) in [6, 6.07) is 13.9. The van der Waals surface area contributed by atoms with Crippen molar-refractivity contribution >= 4 is 33.2 Å². The molecule has 118 valence electrons. The summed E-state index contributed by atoms with van der Waals surface area (Å²) in [5.74, 6) is 0.830. The maximum Gasteiger partial charge on any atom is 0.127 e. The first kappa shape index (κ1) is 15.1. The lowest BCUT2D eigenvalue weighted by Gasteiger charge is -2.11. The van der Waals surface area contributed by atoms with Crippen LogP contribution in [0.5, 0.6) is 5.75 Å². The second-order valence-corrected chi connectivity index (χ2v) is 6.60. The number of aromatic nitrogens is 2. The molecule has 0 N–H and O–H groups in total. The van der Waals surface area contributed by atoms with Gasteiger partial charge in [0.15, 0.2) is 0 Å². The van der Waals surface area contributed by atoms with Crippen molar-refractivity contribution in [1.29, 1.82) is 0 Å². The van der Waals surface area contributed by atoms with E-state index in [9.17, 15) is 0 Å². The fourth-order valence-electron chi connectivity index (χ4n) is 2.74. The lowest BCUT2D eigenvalue weighted by Crippen LogP contribution is -1.87. The highest BCUT2D eigenvalue weighted by Gasteiger charge is 2.13. The van der Waals surface area contributed by atoms with E-state index in [2.05, 4.69) is 21.4 Å². The molecule has 0 aliphatic carbocycles. The van der Waals surface area contributed by atoms with Crippen LogP contribution in [0.25, 0.3) is 32.5 Å². The number of thiophene rings is 1. The van der Waals surface area contributed by atoms with Crippen LogP contribution in [-0.2, 0) is 0 Å². The molecular weight excluding hydrogens is 340 g/mol. The lowest BCUT2D eigenvalue weighted by atomic mass is 9.95. The molecule has 5 heteroatoms. The van der Waals surface area contributed by atoms with Crippen LogP contribution in [0.3, 0.4) is 0 Å². The summed E-state index contributed by atoms with van der Waals surface area (Å²) in [5, 5.41) is 3.88. The Morgan fingerprint density at radius 1 is 1.00 bits per heavy atom. The third-order valence-corrected chi connectivity index (χ3v) is 5.06. The first-order chi connectivity index (χ1) is 11.8. The Kier molecular flexibility index (Phi) is 3.92. The van der Waals surface area contributed by atoms with Crippen LogP contribution in [0.15, 0.2) is 60.4 Å². The maximum atomic E-state index is 6.26. The van der Waals surface area contributed by atoms with Gasteiger partial charge in [-0.25, -0.2) is 9.97 Å². The monoisotopic (exact) mass is 352 g/mol. The van der Waals surface area contributed by atoms with Gasteiger partial charge in [-0.1, -0.05) is 29.8 Å². The van der Waals surface area contributed by atoms with E-state index in [1.165, 1.54) is 0 Å². The SMILES string of the molecule is COc1ccc(-c2cc(Cl)ccc2-c2csc3ncncc23)cc1. The van der Waals surface area contributed by atoms with Gasteiger partial charge in [-0.15, -0.1) is 11.3 Å². The Morgan fingerprint density at radius 2 is 1.83 bits per heavy atom. The van der Waals surface area contributed by atoms with E-state index in [-0.39, 0.29) is 0 Å². The number of methoxy groups -OCH3 is 1. The molecule has 0 radical (unpaired) electrons. The Hall–Kier alpha value is -2.43. The molecule has 2 aromatic heterocycles. The van der Waals surface area contributed by atoms with Gasteiger partial charge in [-0.3, -0.25) is 0 Å². The van der Waals surface area contributed by atoms with E-state index in [4.69, 9.17) is 16.3 Å². The second-order valence-electron chi connectivity index (χ2n) is 5.31. The Labute approximate surface area is 148 Å². The molecular formula is C19H13ClN2OS. The number of halogens is 1. The first-order valence-electron chi connectivity index (χ1n) is 7.38. The summed E-state index contributed by atoms with van der Waals surface area (Å²) in [7, 11) is 1.66. The van der Waals surface area contributed by atoms with Crippen molar-refractivity contribution in [3.63, 3.8) is 0 Å². The van der Waals surface area contributed by atoms with Crippen molar-refractivity contribution in [2.45, 2.75) is 0 Å². The van der Waals surface area contributed by atoms with Gasteiger partial charge < -0.3 is 4.74 Å². The summed E-state index contributed by atoms with van der Waals surface area (Å²) in [6.45, 7) is 0. The second kappa shape index (κ2) is 6.23. The molecule has 0 atom stereocenters. The highest BCUT2D eigenvalue weighted by Crippen LogP contribution is 2.39. The van der Waals surface area contributed by atoms with E-state index < -0.39 is 0 Å². The van der Waals surface area contributed by atoms with Crippen LogP contribution < -0.4 is 4.74 Å². The van der Waals surface area contributed by atoms with Crippen molar-refractivity contribution in [3.05, 3.63) is 65.4 Å². The average Bonchev–Trinajstić information content (AvgIpc) is 3.06.